The van der Waals surface area contributed by atoms with Crippen molar-refractivity contribution in [1.29, 1.82) is 0 Å². The summed E-state index contributed by atoms with van der Waals surface area (Å²) in [5, 5.41) is 3.44. The molecule has 2 atom stereocenters. The molecule has 2 aliphatic carbocycles. The van der Waals surface area contributed by atoms with Crippen LogP contribution in [0.5, 0.6) is 0 Å². The Morgan fingerprint density at radius 2 is 1.68 bits per heavy atom. The average Bonchev–Trinajstić information content (AvgIpc) is 3.22. The van der Waals surface area contributed by atoms with Gasteiger partial charge in [-0.15, -0.1) is 12.4 Å². The van der Waals surface area contributed by atoms with Crippen LogP contribution in [0, 0.1) is 17.8 Å². The number of aromatic nitrogens is 2. The van der Waals surface area contributed by atoms with Gasteiger partial charge in [-0.2, -0.15) is 0 Å². The first-order valence-electron chi connectivity index (χ1n) is 11.9. The van der Waals surface area contributed by atoms with Crippen LogP contribution in [-0.4, -0.2) is 46.1 Å². The standard InChI is InChI=1S/C24H32N4O2.ClH/c29-23(26-14-18-11-25-12-19(18)15-26)17-8-9-21-22(10-17)27(13-16-6-7-16)24(30)28(21)20-4-2-1-3-5-20;/h8-10,16,18-20,25H,1-7,11-15H2;1H/t18-,19+;. The Bertz CT molecular complexity index is 1020. The fourth-order valence-electron chi connectivity index (χ4n) is 6.04. The van der Waals surface area contributed by atoms with Gasteiger partial charge in [-0.05, 0) is 61.6 Å². The van der Waals surface area contributed by atoms with E-state index in [1.807, 2.05) is 27.7 Å². The third-order valence-electron chi connectivity index (χ3n) is 7.96. The van der Waals surface area contributed by atoms with E-state index in [1.54, 1.807) is 0 Å². The van der Waals surface area contributed by atoms with Gasteiger partial charge in [0.15, 0.2) is 0 Å². The van der Waals surface area contributed by atoms with E-state index in [0.29, 0.717) is 23.8 Å². The van der Waals surface area contributed by atoms with Gasteiger partial charge >= 0.3 is 5.69 Å². The first kappa shape index (κ1) is 21.1. The number of rotatable bonds is 4. The molecule has 2 aliphatic heterocycles. The maximum Gasteiger partial charge on any atom is 0.329 e. The number of nitrogens with one attached hydrogen (secondary N) is 1. The lowest BCUT2D eigenvalue weighted by molar-refractivity contribution is 0.0782. The van der Waals surface area contributed by atoms with Gasteiger partial charge < -0.3 is 10.2 Å². The molecule has 2 saturated carbocycles. The highest BCUT2D eigenvalue weighted by molar-refractivity contribution is 5.97. The zero-order valence-corrected chi connectivity index (χ0v) is 18.9. The quantitative estimate of drug-likeness (QED) is 0.785. The molecule has 7 heteroatoms. The number of carbonyl (C=O) groups is 1. The summed E-state index contributed by atoms with van der Waals surface area (Å²) >= 11 is 0. The van der Waals surface area contributed by atoms with Crippen LogP contribution in [0.15, 0.2) is 23.0 Å². The second kappa shape index (κ2) is 8.28. The SMILES string of the molecule is Cl.O=C(c1ccc2c(c1)n(CC1CC1)c(=O)n2C1CCCCC1)N1C[C@H]2CNC[C@H]2C1. The summed E-state index contributed by atoms with van der Waals surface area (Å²) in [6.07, 6.45) is 8.29. The molecule has 1 aromatic carbocycles. The molecule has 6 rings (SSSR count). The zero-order valence-electron chi connectivity index (χ0n) is 18.1. The van der Waals surface area contributed by atoms with Crippen LogP contribution in [0.2, 0.25) is 0 Å². The van der Waals surface area contributed by atoms with Gasteiger partial charge in [0, 0.05) is 44.3 Å². The van der Waals surface area contributed by atoms with Crippen molar-refractivity contribution in [3.63, 3.8) is 0 Å². The number of likely N-dealkylation sites (tertiary alicyclic amines) is 1. The van der Waals surface area contributed by atoms with E-state index in [-0.39, 0.29) is 24.0 Å². The lowest BCUT2D eigenvalue weighted by Crippen LogP contribution is -2.31. The van der Waals surface area contributed by atoms with Crippen molar-refractivity contribution in [2.24, 2.45) is 17.8 Å². The average molecular weight is 445 g/mol. The van der Waals surface area contributed by atoms with Gasteiger partial charge in [0.05, 0.1) is 11.0 Å². The number of imidazole rings is 1. The number of fused-ring (bicyclic) bond motifs is 2. The molecule has 31 heavy (non-hydrogen) atoms. The fraction of sp³-hybridized carbons (Fsp3) is 0.667. The molecule has 6 nitrogen and oxygen atoms in total. The third-order valence-corrected chi connectivity index (χ3v) is 7.96. The first-order chi connectivity index (χ1) is 14.7. The van der Waals surface area contributed by atoms with Gasteiger partial charge in [-0.3, -0.25) is 13.9 Å². The summed E-state index contributed by atoms with van der Waals surface area (Å²) in [5.41, 5.74) is 2.85. The van der Waals surface area contributed by atoms with Crippen LogP contribution >= 0.6 is 12.4 Å². The van der Waals surface area contributed by atoms with Crippen LogP contribution < -0.4 is 11.0 Å². The van der Waals surface area contributed by atoms with E-state index in [0.717, 1.165) is 62.2 Å². The third kappa shape index (κ3) is 3.72. The minimum atomic E-state index is 0. The van der Waals surface area contributed by atoms with Gasteiger partial charge in [-0.25, -0.2) is 4.79 Å². The number of nitrogens with zero attached hydrogens (tertiary/aromatic N) is 3. The van der Waals surface area contributed by atoms with Crippen LogP contribution in [0.4, 0.5) is 0 Å². The van der Waals surface area contributed by atoms with Crippen LogP contribution in [0.25, 0.3) is 11.0 Å². The first-order valence-corrected chi connectivity index (χ1v) is 11.9. The normalized spacial score (nSPS) is 26.3. The summed E-state index contributed by atoms with van der Waals surface area (Å²) in [6, 6.07) is 6.31. The Hall–Kier alpha value is -1.79. The predicted octanol–water partition coefficient (Wildman–Crippen LogP) is 3.43. The number of amides is 1. The van der Waals surface area contributed by atoms with E-state index in [9.17, 15) is 9.59 Å². The molecule has 1 amide bonds. The van der Waals surface area contributed by atoms with Crippen molar-refractivity contribution < 1.29 is 4.79 Å². The second-order valence-electron chi connectivity index (χ2n) is 10.1. The molecule has 0 radical (unpaired) electrons. The molecule has 0 spiro atoms. The van der Waals surface area contributed by atoms with Gasteiger partial charge in [0.2, 0.25) is 0 Å². The number of hydrogen-bond donors (Lipinski definition) is 1. The van der Waals surface area contributed by atoms with Crippen molar-refractivity contribution in [2.45, 2.75) is 57.5 Å². The van der Waals surface area contributed by atoms with Crippen molar-refractivity contribution in [3.8, 4) is 0 Å². The summed E-state index contributed by atoms with van der Waals surface area (Å²) in [6.45, 7) is 4.56. The Balaban J connectivity index is 0.00000204. The lowest BCUT2D eigenvalue weighted by atomic mass is 9.95. The number of benzene rings is 1. The number of hydrogen-bond acceptors (Lipinski definition) is 3. The minimum absolute atomic E-state index is 0. The monoisotopic (exact) mass is 444 g/mol. The molecule has 0 unspecified atom stereocenters. The molecule has 1 aromatic heterocycles. The highest BCUT2D eigenvalue weighted by Gasteiger charge is 2.38. The van der Waals surface area contributed by atoms with Crippen molar-refractivity contribution in [2.75, 3.05) is 26.2 Å². The summed E-state index contributed by atoms with van der Waals surface area (Å²) in [5.74, 6) is 1.94. The lowest BCUT2D eigenvalue weighted by Gasteiger charge is -2.23. The van der Waals surface area contributed by atoms with Crippen LogP contribution in [0.3, 0.4) is 0 Å². The summed E-state index contributed by atoms with van der Waals surface area (Å²) < 4.78 is 4.03. The molecule has 0 bridgehead atoms. The Morgan fingerprint density at radius 3 is 2.35 bits per heavy atom. The van der Waals surface area contributed by atoms with Gasteiger partial charge in [0.25, 0.3) is 5.91 Å². The molecule has 1 N–H and O–H groups in total. The molecule has 4 fully saturated rings. The highest BCUT2D eigenvalue weighted by atomic mass is 35.5. The van der Waals surface area contributed by atoms with Crippen molar-refractivity contribution >= 4 is 29.3 Å². The van der Waals surface area contributed by atoms with Crippen LogP contribution in [0.1, 0.15) is 61.3 Å². The van der Waals surface area contributed by atoms with Crippen LogP contribution in [-0.2, 0) is 6.54 Å². The summed E-state index contributed by atoms with van der Waals surface area (Å²) in [7, 11) is 0. The maximum atomic E-state index is 13.4. The van der Waals surface area contributed by atoms with E-state index >= 15 is 0 Å². The van der Waals surface area contributed by atoms with E-state index in [1.165, 1.54) is 32.1 Å². The Kier molecular flexibility index (Phi) is 5.63. The smallest absolute Gasteiger partial charge is 0.329 e. The molecular weight excluding hydrogens is 412 g/mol. The Morgan fingerprint density at radius 1 is 0.968 bits per heavy atom. The number of halogens is 1. The molecule has 2 saturated heterocycles. The minimum Gasteiger partial charge on any atom is -0.338 e. The zero-order chi connectivity index (χ0) is 20.2. The maximum absolute atomic E-state index is 13.4. The van der Waals surface area contributed by atoms with E-state index in [4.69, 9.17) is 0 Å². The van der Waals surface area contributed by atoms with Crippen molar-refractivity contribution in [3.05, 3.63) is 34.2 Å². The van der Waals surface area contributed by atoms with Gasteiger partial charge in [-0.1, -0.05) is 19.3 Å². The largest absolute Gasteiger partial charge is 0.338 e. The molecule has 3 heterocycles. The summed E-state index contributed by atoms with van der Waals surface area (Å²) in [4.78, 5) is 28.7. The molecular formula is C24H33ClN4O2. The molecule has 168 valence electrons. The number of carbonyl (C=O) groups excluding carboxylic acids is 1. The topological polar surface area (TPSA) is 59.3 Å². The van der Waals surface area contributed by atoms with E-state index < -0.39 is 0 Å². The van der Waals surface area contributed by atoms with Crippen molar-refractivity contribution in [1.82, 2.24) is 19.4 Å². The van der Waals surface area contributed by atoms with E-state index in [2.05, 4.69) is 9.88 Å². The highest BCUT2D eigenvalue weighted by Crippen LogP contribution is 2.34. The predicted molar refractivity (Wildman–Crippen MR) is 124 cm³/mol. The second-order valence-corrected chi connectivity index (χ2v) is 10.1. The Labute approximate surface area is 189 Å². The van der Waals surface area contributed by atoms with Gasteiger partial charge in [0.1, 0.15) is 0 Å². The molecule has 4 aliphatic rings. The molecule has 2 aromatic rings. The fourth-order valence-corrected chi connectivity index (χ4v) is 6.04.